The Labute approximate surface area is 132 Å². The van der Waals surface area contributed by atoms with Crippen LogP contribution in [0.15, 0.2) is 17.0 Å². The lowest BCUT2D eigenvalue weighted by Crippen LogP contribution is -2.39. The number of halogens is 1. The van der Waals surface area contributed by atoms with E-state index in [1.807, 2.05) is 7.05 Å². The lowest BCUT2D eigenvalue weighted by molar-refractivity contribution is 0.263. The molecule has 1 aromatic rings. The van der Waals surface area contributed by atoms with Crippen LogP contribution in [0.25, 0.3) is 0 Å². The van der Waals surface area contributed by atoms with Crippen LogP contribution in [0.2, 0.25) is 0 Å². The molecule has 124 valence electrons. The quantitative estimate of drug-likeness (QED) is 0.903. The van der Waals surface area contributed by atoms with Gasteiger partial charge < -0.3 is 5.32 Å². The molecule has 0 spiro atoms. The van der Waals surface area contributed by atoms with Crippen molar-refractivity contribution in [3.63, 3.8) is 0 Å². The summed E-state index contributed by atoms with van der Waals surface area (Å²) in [4.78, 5) is 0.266. The molecule has 6 heteroatoms. The first-order valence-corrected chi connectivity index (χ1v) is 9.21. The Hall–Kier alpha value is -0.980. The third-order valence-corrected chi connectivity index (χ3v) is 6.60. The molecule has 0 aromatic heterocycles. The maximum atomic E-state index is 13.4. The lowest BCUT2D eigenvalue weighted by Gasteiger charge is -2.32. The van der Waals surface area contributed by atoms with Gasteiger partial charge in [-0.05, 0) is 75.9 Å². The van der Waals surface area contributed by atoms with Gasteiger partial charge in [0.2, 0.25) is 10.0 Å². The summed E-state index contributed by atoms with van der Waals surface area (Å²) >= 11 is 0. The summed E-state index contributed by atoms with van der Waals surface area (Å²) in [7, 11) is -1.60. The number of hydrogen-bond acceptors (Lipinski definition) is 3. The molecule has 2 rings (SSSR count). The fourth-order valence-electron chi connectivity index (χ4n) is 3.22. The summed E-state index contributed by atoms with van der Waals surface area (Å²) in [5, 5.41) is 3.14. The van der Waals surface area contributed by atoms with Gasteiger partial charge in [-0.2, -0.15) is 4.31 Å². The second-order valence-electron chi connectivity index (χ2n) is 6.11. The van der Waals surface area contributed by atoms with Crippen molar-refractivity contribution in [3.8, 4) is 0 Å². The zero-order valence-electron chi connectivity index (χ0n) is 13.5. The van der Waals surface area contributed by atoms with Crippen molar-refractivity contribution in [1.82, 2.24) is 9.62 Å². The zero-order valence-corrected chi connectivity index (χ0v) is 14.3. The highest BCUT2D eigenvalue weighted by Gasteiger charge is 2.31. The Bertz CT molecular complexity index is 600. The fourth-order valence-corrected chi connectivity index (χ4v) is 5.10. The Morgan fingerprint density at radius 3 is 2.27 bits per heavy atom. The number of benzene rings is 1. The van der Waals surface area contributed by atoms with Crippen molar-refractivity contribution >= 4 is 10.0 Å². The minimum Gasteiger partial charge on any atom is -0.320 e. The first-order chi connectivity index (χ1) is 10.4. The average molecular weight is 328 g/mol. The maximum Gasteiger partial charge on any atom is 0.243 e. The van der Waals surface area contributed by atoms with Gasteiger partial charge in [0, 0.05) is 13.1 Å². The van der Waals surface area contributed by atoms with Crippen molar-refractivity contribution in [2.24, 2.45) is 5.92 Å². The maximum absolute atomic E-state index is 13.4. The monoisotopic (exact) mass is 328 g/mol. The Morgan fingerprint density at radius 2 is 1.77 bits per heavy atom. The van der Waals surface area contributed by atoms with Crippen LogP contribution in [-0.2, 0) is 10.0 Å². The molecule has 0 saturated carbocycles. The van der Waals surface area contributed by atoms with Crippen LogP contribution in [0.4, 0.5) is 4.39 Å². The van der Waals surface area contributed by atoms with Gasteiger partial charge >= 0.3 is 0 Å². The highest BCUT2D eigenvalue weighted by atomic mass is 32.2. The molecular weight excluding hydrogens is 303 g/mol. The van der Waals surface area contributed by atoms with Gasteiger partial charge in [-0.3, -0.25) is 0 Å². The number of hydrogen-bond donors (Lipinski definition) is 1. The molecule has 4 nitrogen and oxygen atoms in total. The second kappa shape index (κ2) is 7.06. The van der Waals surface area contributed by atoms with E-state index in [9.17, 15) is 12.8 Å². The summed E-state index contributed by atoms with van der Waals surface area (Å²) in [6.07, 6.45) is 2.86. The summed E-state index contributed by atoms with van der Waals surface area (Å²) in [5.41, 5.74) is 0.963. The van der Waals surface area contributed by atoms with Crippen molar-refractivity contribution < 1.29 is 12.8 Å². The number of rotatable bonds is 5. The van der Waals surface area contributed by atoms with Crippen molar-refractivity contribution in [2.45, 2.75) is 38.0 Å². The Morgan fingerprint density at radius 1 is 1.23 bits per heavy atom. The van der Waals surface area contributed by atoms with E-state index in [0.717, 1.165) is 25.8 Å². The van der Waals surface area contributed by atoms with Crippen LogP contribution in [0, 0.1) is 25.6 Å². The van der Waals surface area contributed by atoms with E-state index in [4.69, 9.17) is 0 Å². The third kappa shape index (κ3) is 3.67. The molecule has 1 fully saturated rings. The molecule has 0 radical (unpaired) electrons. The van der Waals surface area contributed by atoms with Gasteiger partial charge in [0.15, 0.2) is 0 Å². The summed E-state index contributed by atoms with van der Waals surface area (Å²) in [5.74, 6) is 0.189. The predicted octanol–water partition coefficient (Wildman–Crippen LogP) is 2.45. The molecular formula is C16H25FN2O2S. The summed E-state index contributed by atoms with van der Waals surface area (Å²) < 4.78 is 40.6. The Kier molecular flexibility index (Phi) is 5.58. The smallest absolute Gasteiger partial charge is 0.243 e. The van der Waals surface area contributed by atoms with Crippen LogP contribution in [0.5, 0.6) is 0 Å². The highest BCUT2D eigenvalue weighted by Crippen LogP contribution is 2.29. The van der Waals surface area contributed by atoms with E-state index in [2.05, 4.69) is 5.32 Å². The van der Waals surface area contributed by atoms with Gasteiger partial charge in [0.05, 0.1) is 4.90 Å². The van der Waals surface area contributed by atoms with E-state index < -0.39 is 10.0 Å². The molecule has 1 saturated heterocycles. The lowest BCUT2D eigenvalue weighted by atomic mass is 9.95. The predicted molar refractivity (Wildman–Crippen MR) is 85.9 cm³/mol. The SMILES string of the molecule is CNCCC1CCN(S(=O)(=O)c2c(C)cc(F)cc2C)CC1. The van der Waals surface area contributed by atoms with Gasteiger partial charge in [-0.25, -0.2) is 12.8 Å². The van der Waals surface area contributed by atoms with Gasteiger partial charge in [-0.15, -0.1) is 0 Å². The highest BCUT2D eigenvalue weighted by molar-refractivity contribution is 7.89. The van der Waals surface area contributed by atoms with E-state index >= 15 is 0 Å². The number of aryl methyl sites for hydroxylation is 2. The van der Waals surface area contributed by atoms with Gasteiger partial charge in [0.25, 0.3) is 0 Å². The zero-order chi connectivity index (χ0) is 16.3. The van der Waals surface area contributed by atoms with E-state index in [-0.39, 0.29) is 10.7 Å². The van der Waals surface area contributed by atoms with E-state index in [1.54, 1.807) is 18.2 Å². The number of nitrogens with one attached hydrogen (secondary N) is 1. The van der Waals surface area contributed by atoms with Crippen molar-refractivity contribution in [1.29, 1.82) is 0 Å². The van der Waals surface area contributed by atoms with Crippen LogP contribution in [0.3, 0.4) is 0 Å². The Balaban J connectivity index is 2.16. The standard InChI is InChI=1S/C16H25FN2O2S/c1-12-10-15(17)11-13(2)16(12)22(20,21)19-8-5-14(6-9-19)4-7-18-3/h10-11,14,18H,4-9H2,1-3H3. The van der Waals surface area contributed by atoms with E-state index in [1.165, 1.54) is 12.1 Å². The van der Waals surface area contributed by atoms with Gasteiger partial charge in [-0.1, -0.05) is 0 Å². The minimum atomic E-state index is -3.53. The molecule has 1 aliphatic rings. The molecule has 1 N–H and O–H groups in total. The van der Waals surface area contributed by atoms with E-state index in [0.29, 0.717) is 30.1 Å². The van der Waals surface area contributed by atoms with Crippen LogP contribution >= 0.6 is 0 Å². The van der Waals surface area contributed by atoms with Crippen LogP contribution in [-0.4, -0.2) is 39.4 Å². The molecule has 0 aliphatic carbocycles. The molecule has 22 heavy (non-hydrogen) atoms. The molecule has 0 amide bonds. The largest absolute Gasteiger partial charge is 0.320 e. The van der Waals surface area contributed by atoms with Gasteiger partial charge in [0.1, 0.15) is 5.82 Å². The second-order valence-corrected chi connectivity index (χ2v) is 7.98. The first-order valence-electron chi connectivity index (χ1n) is 7.77. The molecule has 0 bridgehead atoms. The summed E-state index contributed by atoms with van der Waals surface area (Å²) in [6.45, 7) is 5.37. The van der Waals surface area contributed by atoms with Crippen LogP contribution < -0.4 is 5.32 Å². The average Bonchev–Trinajstić information content (AvgIpc) is 2.44. The third-order valence-electron chi connectivity index (χ3n) is 4.40. The number of piperidine rings is 1. The number of sulfonamides is 1. The molecule has 1 heterocycles. The van der Waals surface area contributed by atoms with Crippen LogP contribution in [0.1, 0.15) is 30.4 Å². The molecule has 0 unspecified atom stereocenters. The molecule has 1 aromatic carbocycles. The van der Waals surface area contributed by atoms with Crippen molar-refractivity contribution in [2.75, 3.05) is 26.7 Å². The molecule has 0 atom stereocenters. The number of nitrogens with zero attached hydrogens (tertiary/aromatic N) is 1. The fraction of sp³-hybridized carbons (Fsp3) is 0.625. The van der Waals surface area contributed by atoms with Crippen molar-refractivity contribution in [3.05, 3.63) is 29.1 Å². The normalized spacial score (nSPS) is 17.8. The topological polar surface area (TPSA) is 49.4 Å². The minimum absolute atomic E-state index is 0.266. The molecule has 1 aliphatic heterocycles. The summed E-state index contributed by atoms with van der Waals surface area (Å²) in [6, 6.07) is 2.58. The first kappa shape index (κ1) is 17.4.